The third-order valence-electron chi connectivity index (χ3n) is 8.86. The lowest BCUT2D eigenvalue weighted by atomic mass is 9.75. The molecule has 1 saturated carbocycles. The summed E-state index contributed by atoms with van der Waals surface area (Å²) in [5.41, 5.74) is 5.38. The number of aliphatic carboxylic acids is 1. The number of hydrogen-bond acceptors (Lipinski definition) is 6. The maximum atomic E-state index is 14.0. The van der Waals surface area contributed by atoms with Gasteiger partial charge < -0.3 is 15.6 Å². The molecule has 1 fully saturated rings. The molecule has 4 aromatic rings. The highest BCUT2D eigenvalue weighted by atomic mass is 19.1. The maximum absolute atomic E-state index is 14.0. The highest BCUT2D eigenvalue weighted by molar-refractivity contribution is 6.11. The van der Waals surface area contributed by atoms with Gasteiger partial charge in [-0.1, -0.05) is 55.3 Å². The fraction of sp³-hybridized carbons (Fsp3) is 0.316. The molecule has 1 amide bonds. The zero-order valence-electron chi connectivity index (χ0n) is 27.5. The van der Waals surface area contributed by atoms with Gasteiger partial charge in [0.15, 0.2) is 11.3 Å². The van der Waals surface area contributed by atoms with Crippen LogP contribution in [-0.4, -0.2) is 38.0 Å². The summed E-state index contributed by atoms with van der Waals surface area (Å²) in [4.78, 5) is 55.2. The number of carboxylic acids is 1. The van der Waals surface area contributed by atoms with Crippen LogP contribution in [0.5, 0.6) is 0 Å². The summed E-state index contributed by atoms with van der Waals surface area (Å²) in [5, 5.41) is 11.0. The van der Waals surface area contributed by atoms with Gasteiger partial charge in [-0.2, -0.15) is 0 Å². The number of amides is 1. The third-order valence-corrected chi connectivity index (χ3v) is 8.86. The van der Waals surface area contributed by atoms with Gasteiger partial charge in [-0.05, 0) is 99.5 Å². The van der Waals surface area contributed by atoms with E-state index >= 15 is 0 Å². The number of aromatic nitrogens is 1. The van der Waals surface area contributed by atoms with E-state index in [1.54, 1.807) is 82.3 Å². The van der Waals surface area contributed by atoms with Crippen molar-refractivity contribution in [1.82, 2.24) is 9.47 Å². The van der Waals surface area contributed by atoms with Gasteiger partial charge >= 0.3 is 12.1 Å². The van der Waals surface area contributed by atoms with Crippen molar-refractivity contribution < 1.29 is 28.6 Å². The molecule has 3 aromatic carbocycles. The van der Waals surface area contributed by atoms with Crippen molar-refractivity contribution in [2.45, 2.75) is 71.1 Å². The van der Waals surface area contributed by atoms with Crippen molar-refractivity contribution in [2.24, 2.45) is 5.92 Å². The van der Waals surface area contributed by atoms with Gasteiger partial charge in [0, 0.05) is 11.6 Å². The quantitative estimate of drug-likeness (QED) is 0.186. The van der Waals surface area contributed by atoms with Crippen molar-refractivity contribution in [2.75, 3.05) is 5.73 Å². The summed E-state index contributed by atoms with van der Waals surface area (Å²) in [6.45, 7) is 6.65. The lowest BCUT2D eigenvalue weighted by Gasteiger charge is -2.45. The molecule has 1 aliphatic carbocycles. The predicted octanol–water partition coefficient (Wildman–Crippen LogP) is 7.01. The number of rotatable bonds is 9. The first-order valence-electron chi connectivity index (χ1n) is 15.9. The average Bonchev–Trinajstić information content (AvgIpc) is 3.57. The number of carbonyl (C=O) groups excluding carboxylic acids is 2. The summed E-state index contributed by atoms with van der Waals surface area (Å²) in [5.74, 6) is -2.49. The van der Waals surface area contributed by atoms with Gasteiger partial charge in [0.1, 0.15) is 17.2 Å². The van der Waals surface area contributed by atoms with Gasteiger partial charge in [0.05, 0.1) is 17.8 Å². The van der Waals surface area contributed by atoms with E-state index in [9.17, 15) is 28.7 Å². The molecule has 0 bridgehead atoms. The molecule has 48 heavy (non-hydrogen) atoms. The standard InChI is InChI=1S/C38H40FN3O6/c1-24-22-26(16-20-31(24)39)33(44)30-19-21-32(43)42(34(30)40)29-17-14-25(15-18-29)23-41(36(47)48-37(2,3)4)38(35(45)46,28-12-8-9-13-28)27-10-6-5-7-11-27/h5-7,10-11,14-22,28H,8-9,12-13,23,40H2,1-4H3,(H,45,46). The zero-order chi connectivity index (χ0) is 34.8. The van der Waals surface area contributed by atoms with Crippen LogP contribution in [0.1, 0.15) is 79.1 Å². The first-order valence-corrected chi connectivity index (χ1v) is 15.9. The number of nitrogens with zero attached hydrogens (tertiary/aromatic N) is 2. The molecule has 0 radical (unpaired) electrons. The van der Waals surface area contributed by atoms with E-state index in [4.69, 9.17) is 10.5 Å². The number of ether oxygens (including phenoxy) is 1. The van der Waals surface area contributed by atoms with Crippen molar-refractivity contribution in [1.29, 1.82) is 0 Å². The number of carboxylic acid groups (broad SMARTS) is 1. The molecule has 0 aliphatic heterocycles. The Morgan fingerprint density at radius 1 is 0.958 bits per heavy atom. The van der Waals surface area contributed by atoms with E-state index in [1.165, 1.54) is 39.8 Å². The number of hydrogen-bond donors (Lipinski definition) is 2. The Balaban J connectivity index is 1.56. The van der Waals surface area contributed by atoms with Crippen LogP contribution in [-0.2, 0) is 21.6 Å². The summed E-state index contributed by atoms with van der Waals surface area (Å²) < 4.78 is 20.9. The van der Waals surface area contributed by atoms with Crippen LogP contribution in [0.2, 0.25) is 0 Å². The molecular formula is C38H40FN3O6. The predicted molar refractivity (Wildman–Crippen MR) is 181 cm³/mol. The smallest absolute Gasteiger partial charge is 0.411 e. The highest BCUT2D eigenvalue weighted by Gasteiger charge is 2.55. The van der Waals surface area contributed by atoms with E-state index in [0.29, 0.717) is 35.2 Å². The monoisotopic (exact) mass is 653 g/mol. The van der Waals surface area contributed by atoms with Gasteiger partial charge in [-0.15, -0.1) is 0 Å². The van der Waals surface area contributed by atoms with E-state index in [2.05, 4.69) is 0 Å². The van der Waals surface area contributed by atoms with E-state index < -0.39 is 40.4 Å². The molecule has 1 aliphatic rings. The Morgan fingerprint density at radius 2 is 1.60 bits per heavy atom. The molecule has 10 heteroatoms. The topological polar surface area (TPSA) is 132 Å². The summed E-state index contributed by atoms with van der Waals surface area (Å²) >= 11 is 0. The van der Waals surface area contributed by atoms with Gasteiger partial charge in [-0.3, -0.25) is 19.1 Å². The second-order valence-corrected chi connectivity index (χ2v) is 13.3. The lowest BCUT2D eigenvalue weighted by molar-refractivity contribution is -0.157. The minimum atomic E-state index is -1.70. The van der Waals surface area contributed by atoms with E-state index in [0.717, 1.165) is 12.8 Å². The Hall–Kier alpha value is -5.25. The Labute approximate surface area is 278 Å². The number of anilines is 1. The molecule has 1 unspecified atom stereocenters. The number of nitrogens with two attached hydrogens (primary N) is 1. The second kappa shape index (κ2) is 13.5. The average molecular weight is 654 g/mol. The first-order chi connectivity index (χ1) is 22.7. The zero-order valence-corrected chi connectivity index (χ0v) is 27.5. The first kappa shape index (κ1) is 34.1. The van der Waals surface area contributed by atoms with E-state index in [1.807, 2.05) is 0 Å². The molecule has 1 aromatic heterocycles. The summed E-state index contributed by atoms with van der Waals surface area (Å²) in [7, 11) is 0. The Bertz CT molecular complexity index is 1890. The number of aryl methyl sites for hydroxylation is 1. The third kappa shape index (κ3) is 6.60. The van der Waals surface area contributed by atoms with Gasteiger partial charge in [0.25, 0.3) is 5.56 Å². The number of nitrogen functional groups attached to an aromatic ring is 1. The van der Waals surface area contributed by atoms with Crippen LogP contribution in [0.15, 0.2) is 89.7 Å². The number of benzene rings is 3. The molecule has 250 valence electrons. The van der Waals surface area contributed by atoms with Crippen LogP contribution in [0.25, 0.3) is 5.69 Å². The summed E-state index contributed by atoms with van der Waals surface area (Å²) in [6, 6.07) is 22.0. The van der Waals surface area contributed by atoms with Crippen molar-refractivity contribution in [3.63, 3.8) is 0 Å². The van der Waals surface area contributed by atoms with Crippen LogP contribution < -0.4 is 11.3 Å². The van der Waals surface area contributed by atoms with Crippen molar-refractivity contribution >= 4 is 23.7 Å². The molecule has 0 saturated heterocycles. The van der Waals surface area contributed by atoms with Crippen LogP contribution in [0.3, 0.4) is 0 Å². The molecule has 9 nitrogen and oxygen atoms in total. The second-order valence-electron chi connectivity index (χ2n) is 13.3. The Kier molecular flexibility index (Phi) is 9.57. The van der Waals surface area contributed by atoms with Crippen molar-refractivity contribution in [3.05, 3.63) is 129 Å². The minimum absolute atomic E-state index is 0.0754. The lowest BCUT2D eigenvalue weighted by Crippen LogP contribution is -2.59. The van der Waals surface area contributed by atoms with Gasteiger partial charge in [0.2, 0.25) is 0 Å². The molecule has 5 rings (SSSR count). The fourth-order valence-corrected chi connectivity index (χ4v) is 6.60. The molecule has 3 N–H and O–H groups in total. The Morgan fingerprint density at radius 3 is 2.19 bits per heavy atom. The summed E-state index contributed by atoms with van der Waals surface area (Å²) in [6.07, 6.45) is 2.21. The molecule has 0 spiro atoms. The number of pyridine rings is 1. The van der Waals surface area contributed by atoms with Crippen LogP contribution in [0, 0.1) is 18.7 Å². The minimum Gasteiger partial charge on any atom is -0.479 e. The highest BCUT2D eigenvalue weighted by Crippen LogP contribution is 2.46. The van der Waals surface area contributed by atoms with Crippen LogP contribution >= 0.6 is 0 Å². The molecule has 1 atom stereocenters. The SMILES string of the molecule is Cc1cc(C(=O)c2ccc(=O)n(-c3ccc(CN(C(=O)OC(C)(C)C)C(C(=O)O)(c4ccccc4)C4CCCC4)cc3)c2N)ccc1F. The molecular weight excluding hydrogens is 613 g/mol. The van der Waals surface area contributed by atoms with E-state index in [-0.39, 0.29) is 29.4 Å². The van der Waals surface area contributed by atoms with Crippen LogP contribution in [0.4, 0.5) is 15.0 Å². The number of halogens is 1. The number of carbonyl (C=O) groups is 3. The van der Waals surface area contributed by atoms with Gasteiger partial charge in [-0.25, -0.2) is 14.0 Å². The maximum Gasteiger partial charge on any atom is 0.411 e. The largest absolute Gasteiger partial charge is 0.479 e. The number of ketones is 1. The van der Waals surface area contributed by atoms with Crippen molar-refractivity contribution in [3.8, 4) is 5.69 Å². The normalized spacial score (nSPS) is 14.7. The molecule has 1 heterocycles. The fourth-order valence-electron chi connectivity index (χ4n) is 6.60.